The van der Waals surface area contributed by atoms with Crippen molar-refractivity contribution in [2.24, 2.45) is 17.1 Å². The van der Waals surface area contributed by atoms with Crippen molar-refractivity contribution in [3.8, 4) is 0 Å². The molecule has 0 aromatic rings. The summed E-state index contributed by atoms with van der Waals surface area (Å²) < 4.78 is 0. The van der Waals surface area contributed by atoms with Gasteiger partial charge in [-0.05, 0) is 63.7 Å². The molecule has 0 aromatic carbocycles. The molecule has 4 N–H and O–H groups in total. The first-order valence-corrected chi connectivity index (χ1v) is 8.77. The lowest BCUT2D eigenvalue weighted by molar-refractivity contribution is -0.128. The average Bonchev–Trinajstić information content (AvgIpc) is 3.10. The van der Waals surface area contributed by atoms with Gasteiger partial charge in [0.2, 0.25) is 5.91 Å². The van der Waals surface area contributed by atoms with Gasteiger partial charge in [-0.25, -0.2) is 0 Å². The van der Waals surface area contributed by atoms with E-state index in [1.807, 2.05) is 0 Å². The molecule has 3 fully saturated rings. The lowest BCUT2D eigenvalue weighted by atomic mass is 9.57. The van der Waals surface area contributed by atoms with E-state index in [0.29, 0.717) is 6.42 Å². The molecule has 0 aromatic heterocycles. The van der Waals surface area contributed by atoms with Crippen molar-refractivity contribution in [2.75, 3.05) is 0 Å². The van der Waals surface area contributed by atoms with Crippen molar-refractivity contribution in [1.29, 1.82) is 0 Å². The van der Waals surface area contributed by atoms with Crippen LogP contribution in [0.2, 0.25) is 0 Å². The van der Waals surface area contributed by atoms with E-state index in [2.05, 4.69) is 19.2 Å². The van der Waals surface area contributed by atoms with Crippen LogP contribution in [-0.2, 0) is 4.79 Å². The Kier molecular flexibility index (Phi) is 2.91. The lowest BCUT2D eigenvalue weighted by Gasteiger charge is -2.49. The molecular formula is C18H28N2O2. The van der Waals surface area contributed by atoms with Crippen LogP contribution in [0.25, 0.3) is 0 Å². The fourth-order valence-electron chi connectivity index (χ4n) is 5.49. The van der Waals surface area contributed by atoms with Crippen molar-refractivity contribution in [3.05, 3.63) is 11.1 Å². The fraction of sp³-hybridized carbons (Fsp3) is 0.833. The maximum absolute atomic E-state index is 12.6. The van der Waals surface area contributed by atoms with Crippen LogP contribution in [-0.4, -0.2) is 28.2 Å². The van der Waals surface area contributed by atoms with Crippen molar-refractivity contribution in [1.82, 2.24) is 5.32 Å². The molecule has 1 spiro atoms. The minimum Gasteiger partial charge on any atom is -0.393 e. The number of carbonyl (C=O) groups is 1. The molecular weight excluding hydrogens is 276 g/mol. The summed E-state index contributed by atoms with van der Waals surface area (Å²) in [7, 11) is 0. The zero-order chi connectivity index (χ0) is 15.8. The molecule has 122 valence electrons. The van der Waals surface area contributed by atoms with Gasteiger partial charge >= 0.3 is 0 Å². The Bertz CT molecular complexity index is 565. The van der Waals surface area contributed by atoms with E-state index < -0.39 is 11.6 Å². The molecule has 3 aliphatic carbocycles. The lowest BCUT2D eigenvalue weighted by Crippen LogP contribution is -2.59. The molecule has 22 heavy (non-hydrogen) atoms. The SMILES string of the molecule is CC1=C2CC(C3(N)CC4(CC4)NC3=O)C(O)C[C@@]2(C)CCC1. The van der Waals surface area contributed by atoms with Crippen molar-refractivity contribution in [3.63, 3.8) is 0 Å². The minimum atomic E-state index is -0.887. The maximum Gasteiger partial charge on any atom is 0.241 e. The third kappa shape index (κ3) is 1.93. The standard InChI is InChI=1S/C18H28N2O2/c1-11-4-3-5-16(2)9-14(21)13(8-12(11)16)18(19)10-17(6-7-17)20-15(18)22/h13-14,21H,3-10,19H2,1-2H3,(H,20,22)/t13?,14?,16-,18?/m1/s1. The average molecular weight is 304 g/mol. The van der Waals surface area contributed by atoms with Gasteiger partial charge in [-0.15, -0.1) is 0 Å². The number of nitrogens with one attached hydrogen (secondary N) is 1. The summed E-state index contributed by atoms with van der Waals surface area (Å²) in [5.41, 5.74) is 8.73. The molecule has 0 radical (unpaired) electrons. The second kappa shape index (κ2) is 4.35. The first-order valence-electron chi connectivity index (χ1n) is 8.77. The molecule has 4 aliphatic rings. The third-order valence-electron chi connectivity index (χ3n) is 7.02. The summed E-state index contributed by atoms with van der Waals surface area (Å²) in [6.07, 6.45) is 7.37. The number of aliphatic hydroxyl groups excluding tert-OH is 1. The summed E-state index contributed by atoms with van der Waals surface area (Å²) in [4.78, 5) is 12.6. The second-order valence-corrected chi connectivity index (χ2v) is 8.71. The van der Waals surface area contributed by atoms with Gasteiger partial charge in [0, 0.05) is 11.5 Å². The van der Waals surface area contributed by atoms with Crippen LogP contribution in [0.4, 0.5) is 0 Å². The van der Waals surface area contributed by atoms with Gasteiger partial charge in [-0.1, -0.05) is 18.1 Å². The fourth-order valence-corrected chi connectivity index (χ4v) is 5.49. The molecule has 1 heterocycles. The monoisotopic (exact) mass is 304 g/mol. The highest BCUT2D eigenvalue weighted by molar-refractivity contribution is 5.90. The van der Waals surface area contributed by atoms with Crippen LogP contribution in [0.5, 0.6) is 0 Å². The molecule has 4 nitrogen and oxygen atoms in total. The number of aliphatic hydroxyl groups is 1. The molecule has 4 atom stereocenters. The van der Waals surface area contributed by atoms with Crippen LogP contribution < -0.4 is 11.1 Å². The molecule has 4 heteroatoms. The Labute approximate surface area is 132 Å². The molecule has 0 bridgehead atoms. The zero-order valence-corrected chi connectivity index (χ0v) is 13.7. The molecule has 1 aliphatic heterocycles. The largest absolute Gasteiger partial charge is 0.393 e. The van der Waals surface area contributed by atoms with E-state index in [1.165, 1.54) is 17.6 Å². The third-order valence-corrected chi connectivity index (χ3v) is 7.02. The van der Waals surface area contributed by atoms with Crippen LogP contribution in [0, 0.1) is 11.3 Å². The summed E-state index contributed by atoms with van der Waals surface area (Å²) in [5.74, 6) is -0.171. The normalized spacial score (nSPS) is 46.6. The van der Waals surface area contributed by atoms with Crippen molar-refractivity contribution < 1.29 is 9.90 Å². The highest BCUT2D eigenvalue weighted by Crippen LogP contribution is 2.56. The predicted octanol–water partition coefficient (Wildman–Crippen LogP) is 2.01. The highest BCUT2D eigenvalue weighted by Gasteiger charge is 2.63. The Morgan fingerprint density at radius 1 is 1.32 bits per heavy atom. The number of hydrogen-bond acceptors (Lipinski definition) is 3. The molecule has 1 saturated heterocycles. The first kappa shape index (κ1) is 14.7. The van der Waals surface area contributed by atoms with Gasteiger partial charge in [0.25, 0.3) is 0 Å². The van der Waals surface area contributed by atoms with Crippen LogP contribution in [0.15, 0.2) is 11.1 Å². The summed E-state index contributed by atoms with van der Waals surface area (Å²) in [6, 6.07) is 0. The zero-order valence-electron chi connectivity index (χ0n) is 13.7. The smallest absolute Gasteiger partial charge is 0.241 e. The summed E-state index contributed by atoms with van der Waals surface area (Å²) in [6.45, 7) is 4.51. The van der Waals surface area contributed by atoms with Gasteiger partial charge in [-0.3, -0.25) is 4.79 Å². The van der Waals surface area contributed by atoms with E-state index in [4.69, 9.17) is 5.73 Å². The summed E-state index contributed by atoms with van der Waals surface area (Å²) in [5, 5.41) is 13.9. The Balaban J connectivity index is 1.67. The number of rotatable bonds is 1. The van der Waals surface area contributed by atoms with Gasteiger partial charge in [0.05, 0.1) is 6.10 Å². The van der Waals surface area contributed by atoms with E-state index in [1.54, 1.807) is 0 Å². The van der Waals surface area contributed by atoms with Crippen molar-refractivity contribution in [2.45, 2.75) is 82.4 Å². The molecule has 4 rings (SSSR count). The highest BCUT2D eigenvalue weighted by atomic mass is 16.3. The summed E-state index contributed by atoms with van der Waals surface area (Å²) >= 11 is 0. The molecule has 2 saturated carbocycles. The minimum absolute atomic E-state index is 0.0354. The molecule has 3 unspecified atom stereocenters. The Morgan fingerprint density at radius 2 is 2.05 bits per heavy atom. The first-order chi connectivity index (χ1) is 10.3. The van der Waals surface area contributed by atoms with E-state index in [9.17, 15) is 9.90 Å². The van der Waals surface area contributed by atoms with E-state index in [-0.39, 0.29) is 22.8 Å². The van der Waals surface area contributed by atoms with Crippen LogP contribution >= 0.6 is 0 Å². The van der Waals surface area contributed by atoms with Crippen molar-refractivity contribution >= 4 is 5.91 Å². The number of amides is 1. The Hall–Kier alpha value is -0.870. The predicted molar refractivity (Wildman–Crippen MR) is 85.0 cm³/mol. The number of allylic oxidation sites excluding steroid dienone is 2. The van der Waals surface area contributed by atoms with Gasteiger partial charge < -0.3 is 16.2 Å². The van der Waals surface area contributed by atoms with Gasteiger partial charge in [0.1, 0.15) is 5.54 Å². The topological polar surface area (TPSA) is 75.3 Å². The quantitative estimate of drug-likeness (QED) is 0.649. The molecule has 1 amide bonds. The maximum atomic E-state index is 12.6. The second-order valence-electron chi connectivity index (χ2n) is 8.71. The van der Waals surface area contributed by atoms with Crippen LogP contribution in [0.1, 0.15) is 65.2 Å². The van der Waals surface area contributed by atoms with E-state index >= 15 is 0 Å². The van der Waals surface area contributed by atoms with E-state index in [0.717, 1.165) is 38.5 Å². The number of fused-ring (bicyclic) bond motifs is 1. The Morgan fingerprint density at radius 3 is 2.68 bits per heavy atom. The van der Waals surface area contributed by atoms with Crippen LogP contribution in [0.3, 0.4) is 0 Å². The van der Waals surface area contributed by atoms with Gasteiger partial charge in [0.15, 0.2) is 0 Å². The number of carbonyl (C=O) groups excluding carboxylic acids is 1. The number of hydrogen-bond donors (Lipinski definition) is 3. The van der Waals surface area contributed by atoms with Gasteiger partial charge in [-0.2, -0.15) is 0 Å². The number of nitrogens with two attached hydrogens (primary N) is 1.